The van der Waals surface area contributed by atoms with Crippen LogP contribution in [0.2, 0.25) is 0 Å². The van der Waals surface area contributed by atoms with Gasteiger partial charge in [-0.25, -0.2) is 0 Å². The first-order valence-corrected chi connectivity index (χ1v) is 6.27. The van der Waals surface area contributed by atoms with Crippen LogP contribution in [-0.2, 0) is 4.79 Å². The summed E-state index contributed by atoms with van der Waals surface area (Å²) >= 11 is 0. The highest BCUT2D eigenvalue weighted by Crippen LogP contribution is 2.24. The maximum absolute atomic E-state index is 11.1. The van der Waals surface area contributed by atoms with Gasteiger partial charge in [0.25, 0.3) is 5.82 Å². The van der Waals surface area contributed by atoms with Gasteiger partial charge in [0, 0.05) is 6.92 Å². The van der Waals surface area contributed by atoms with E-state index in [9.17, 15) is 14.9 Å². The van der Waals surface area contributed by atoms with Crippen molar-refractivity contribution in [3.63, 3.8) is 0 Å². The van der Waals surface area contributed by atoms with Crippen molar-refractivity contribution in [3.8, 4) is 5.69 Å². The second-order valence-electron chi connectivity index (χ2n) is 4.85. The van der Waals surface area contributed by atoms with E-state index in [0.29, 0.717) is 5.69 Å². The van der Waals surface area contributed by atoms with Crippen LogP contribution in [0.3, 0.4) is 0 Å². The van der Waals surface area contributed by atoms with E-state index in [4.69, 9.17) is 0 Å². The predicted octanol–water partition coefficient (Wildman–Crippen LogP) is 2.06. The van der Waals surface area contributed by atoms with E-state index >= 15 is 0 Å². The third-order valence-corrected chi connectivity index (χ3v) is 2.90. The molecule has 0 aliphatic carbocycles. The van der Waals surface area contributed by atoms with Crippen LogP contribution in [0.15, 0.2) is 12.1 Å². The molecule has 110 valence electrons. The number of amides is 1. The number of aromatic nitrogens is 3. The number of nitro groups is 1. The molecule has 0 radical (unpaired) electrons. The van der Waals surface area contributed by atoms with Crippen LogP contribution >= 0.6 is 0 Å². The summed E-state index contributed by atoms with van der Waals surface area (Å²) in [6.07, 6.45) is 0. The van der Waals surface area contributed by atoms with Crippen LogP contribution in [0.25, 0.3) is 5.69 Å². The molecule has 0 unspecified atom stereocenters. The van der Waals surface area contributed by atoms with Gasteiger partial charge in [0.15, 0.2) is 0 Å². The van der Waals surface area contributed by atoms with Gasteiger partial charge in [0.05, 0.1) is 5.10 Å². The zero-order valence-corrected chi connectivity index (χ0v) is 12.2. The summed E-state index contributed by atoms with van der Waals surface area (Å²) in [5.74, 6) is -1.08. The van der Waals surface area contributed by atoms with E-state index in [2.05, 4.69) is 15.5 Å². The molecule has 0 aliphatic rings. The molecule has 0 aliphatic heterocycles. The Morgan fingerprint density at radius 2 is 1.81 bits per heavy atom. The van der Waals surface area contributed by atoms with Crippen LogP contribution < -0.4 is 5.32 Å². The van der Waals surface area contributed by atoms with Gasteiger partial charge in [0.2, 0.25) is 5.91 Å². The Morgan fingerprint density at radius 3 is 2.29 bits per heavy atom. The highest BCUT2D eigenvalue weighted by atomic mass is 16.6. The minimum atomic E-state index is -0.673. The number of aryl methyl sites for hydroxylation is 3. The molecular formula is C13H15N5O3. The third kappa shape index (κ3) is 2.88. The summed E-state index contributed by atoms with van der Waals surface area (Å²) in [5.41, 5.74) is 3.54. The molecule has 0 atom stereocenters. The normalized spacial score (nSPS) is 10.5. The van der Waals surface area contributed by atoms with Crippen molar-refractivity contribution in [1.29, 1.82) is 0 Å². The monoisotopic (exact) mass is 289 g/mol. The number of carbonyl (C=O) groups excluding carboxylic acids is 1. The van der Waals surface area contributed by atoms with Gasteiger partial charge in [-0.15, -0.1) is 5.10 Å². The van der Waals surface area contributed by atoms with E-state index in [1.807, 2.05) is 32.9 Å². The Bertz CT molecular complexity index is 712. The summed E-state index contributed by atoms with van der Waals surface area (Å²) in [4.78, 5) is 22.6. The van der Waals surface area contributed by atoms with E-state index in [1.54, 1.807) is 0 Å². The molecule has 8 nitrogen and oxygen atoms in total. The van der Waals surface area contributed by atoms with Gasteiger partial charge in [-0.1, -0.05) is 22.5 Å². The second kappa shape index (κ2) is 5.31. The Hall–Kier alpha value is -2.77. The third-order valence-electron chi connectivity index (χ3n) is 2.90. The van der Waals surface area contributed by atoms with Crippen LogP contribution in [0, 0.1) is 30.9 Å². The number of hydrogen-bond acceptors (Lipinski definition) is 5. The molecule has 2 aromatic rings. The minimum Gasteiger partial charge on any atom is -0.358 e. The van der Waals surface area contributed by atoms with Crippen molar-refractivity contribution in [1.82, 2.24) is 15.0 Å². The van der Waals surface area contributed by atoms with Crippen LogP contribution in [0.1, 0.15) is 23.6 Å². The largest absolute Gasteiger partial charge is 0.435 e. The first-order chi connectivity index (χ1) is 9.79. The van der Waals surface area contributed by atoms with Crippen LogP contribution in [-0.4, -0.2) is 25.8 Å². The molecule has 0 saturated heterocycles. The van der Waals surface area contributed by atoms with Crippen molar-refractivity contribution in [2.75, 3.05) is 5.32 Å². The lowest BCUT2D eigenvalue weighted by Gasteiger charge is -2.06. The Kier molecular flexibility index (Phi) is 3.70. The van der Waals surface area contributed by atoms with Crippen molar-refractivity contribution < 1.29 is 9.72 Å². The summed E-state index contributed by atoms with van der Waals surface area (Å²) in [6, 6.07) is 3.88. The molecule has 1 N–H and O–H groups in total. The fourth-order valence-electron chi connectivity index (χ4n) is 2.26. The summed E-state index contributed by atoms with van der Waals surface area (Å²) < 4.78 is 0. The molecule has 21 heavy (non-hydrogen) atoms. The van der Waals surface area contributed by atoms with E-state index in [-0.39, 0.29) is 5.82 Å². The Labute approximate surface area is 120 Å². The number of hydrogen-bond donors (Lipinski definition) is 1. The van der Waals surface area contributed by atoms with Gasteiger partial charge in [-0.05, 0) is 36.8 Å². The number of rotatable bonds is 3. The number of carbonyl (C=O) groups is 1. The molecular weight excluding hydrogens is 274 g/mol. The molecule has 2 rings (SSSR count). The number of nitrogens with one attached hydrogen (secondary N) is 1. The van der Waals surface area contributed by atoms with E-state index < -0.39 is 16.6 Å². The quantitative estimate of drug-likeness (QED) is 0.688. The fourth-order valence-corrected chi connectivity index (χ4v) is 2.26. The molecule has 1 aromatic heterocycles. The van der Waals surface area contributed by atoms with Crippen molar-refractivity contribution in [2.45, 2.75) is 27.7 Å². The molecule has 0 saturated carbocycles. The topological polar surface area (TPSA) is 103 Å². The lowest BCUT2D eigenvalue weighted by molar-refractivity contribution is -0.388. The highest BCUT2D eigenvalue weighted by Gasteiger charge is 2.26. The first-order valence-electron chi connectivity index (χ1n) is 6.27. The molecule has 0 bridgehead atoms. The average molecular weight is 289 g/mol. The van der Waals surface area contributed by atoms with E-state index in [0.717, 1.165) is 16.7 Å². The van der Waals surface area contributed by atoms with Gasteiger partial charge in [0.1, 0.15) is 5.69 Å². The van der Waals surface area contributed by atoms with Gasteiger partial charge in [-0.3, -0.25) is 4.79 Å². The number of nitrogens with zero attached hydrogens (tertiary/aromatic N) is 4. The summed E-state index contributed by atoms with van der Waals surface area (Å²) in [5, 5.41) is 21.2. The molecule has 1 amide bonds. The van der Waals surface area contributed by atoms with Crippen LogP contribution in [0.5, 0.6) is 0 Å². The average Bonchev–Trinajstić information content (AvgIpc) is 2.70. The Morgan fingerprint density at radius 1 is 1.24 bits per heavy atom. The van der Waals surface area contributed by atoms with Crippen molar-refractivity contribution >= 4 is 17.5 Å². The van der Waals surface area contributed by atoms with Crippen LogP contribution in [0.4, 0.5) is 11.6 Å². The highest BCUT2D eigenvalue weighted by molar-refractivity contribution is 5.89. The fraction of sp³-hybridized carbons (Fsp3) is 0.308. The van der Waals surface area contributed by atoms with Crippen molar-refractivity contribution in [2.24, 2.45) is 0 Å². The van der Waals surface area contributed by atoms with E-state index in [1.165, 1.54) is 11.7 Å². The SMILES string of the molecule is CC(=O)Nc1nn(-c2c(C)cc(C)cc2C)nc1[N+](=O)[O-]. The minimum absolute atomic E-state index is 0.160. The molecule has 0 fully saturated rings. The zero-order chi connectivity index (χ0) is 15.7. The maximum Gasteiger partial charge on any atom is 0.435 e. The first kappa shape index (κ1) is 14.6. The second-order valence-corrected chi connectivity index (χ2v) is 4.85. The number of anilines is 1. The van der Waals surface area contributed by atoms with Gasteiger partial charge in [-0.2, -0.15) is 0 Å². The molecule has 8 heteroatoms. The lowest BCUT2D eigenvalue weighted by atomic mass is 10.1. The molecule has 0 spiro atoms. The van der Waals surface area contributed by atoms with Gasteiger partial charge >= 0.3 is 5.82 Å². The smallest absolute Gasteiger partial charge is 0.358 e. The lowest BCUT2D eigenvalue weighted by Crippen LogP contribution is -2.09. The number of benzene rings is 1. The molecule has 1 aromatic carbocycles. The standard InChI is InChI=1S/C13H15N5O3/c1-7-5-8(2)11(9(3)6-7)17-15-12(14-10(4)19)13(16-17)18(20)21/h5-6H,1-4H3,(H,14,15,19). The summed E-state index contributed by atoms with van der Waals surface area (Å²) in [7, 11) is 0. The predicted molar refractivity (Wildman–Crippen MR) is 76.5 cm³/mol. The Balaban J connectivity index is 2.60. The molecule has 1 heterocycles. The summed E-state index contributed by atoms with van der Waals surface area (Å²) in [6.45, 7) is 6.97. The maximum atomic E-state index is 11.1. The van der Waals surface area contributed by atoms with Crippen molar-refractivity contribution in [3.05, 3.63) is 38.9 Å². The zero-order valence-electron chi connectivity index (χ0n) is 12.2. The van der Waals surface area contributed by atoms with Gasteiger partial charge < -0.3 is 15.4 Å².